The molecule has 0 radical (unpaired) electrons. The van der Waals surface area contributed by atoms with Crippen LogP contribution in [0.5, 0.6) is 0 Å². The minimum Gasteiger partial charge on any atom is -0.390 e. The normalized spacial score (nSPS) is 14.5. The first kappa shape index (κ1) is 19.9. The van der Waals surface area contributed by atoms with Gasteiger partial charge in [0.2, 0.25) is 0 Å². The first-order valence-electron chi connectivity index (χ1n) is 9.68. The van der Waals surface area contributed by atoms with Gasteiger partial charge in [-0.25, -0.2) is 4.99 Å². The average molecular weight is 418 g/mol. The van der Waals surface area contributed by atoms with E-state index in [4.69, 9.17) is 11.1 Å². The highest BCUT2D eigenvalue weighted by atomic mass is 32.2. The summed E-state index contributed by atoms with van der Waals surface area (Å²) < 4.78 is 3.35. The van der Waals surface area contributed by atoms with E-state index in [1.54, 1.807) is 24.3 Å². The van der Waals surface area contributed by atoms with Crippen LogP contribution in [0.1, 0.15) is 12.0 Å². The second kappa shape index (κ2) is 9.43. The van der Waals surface area contributed by atoms with Crippen molar-refractivity contribution in [2.75, 3.05) is 13.1 Å². The Morgan fingerprint density at radius 2 is 1.97 bits per heavy atom. The minimum absolute atomic E-state index is 0.347. The zero-order valence-corrected chi connectivity index (χ0v) is 17.2. The van der Waals surface area contributed by atoms with Gasteiger partial charge in [0.25, 0.3) is 0 Å². The molecule has 1 aromatic heterocycles. The lowest BCUT2D eigenvalue weighted by atomic mass is 9.95. The number of nitrogens with zero attached hydrogens (tertiary/aromatic N) is 2. The molecule has 2 aromatic carbocycles. The molecule has 7 nitrogen and oxygen atoms in total. The number of H-pyrrole nitrogens is 1. The van der Waals surface area contributed by atoms with Crippen molar-refractivity contribution >= 4 is 29.2 Å². The number of aromatic amines is 1. The molecule has 0 saturated heterocycles. The highest BCUT2D eigenvalue weighted by Crippen LogP contribution is 2.31. The van der Waals surface area contributed by atoms with E-state index in [1.807, 2.05) is 42.5 Å². The van der Waals surface area contributed by atoms with Gasteiger partial charge in [-0.1, -0.05) is 24.3 Å². The highest BCUT2D eigenvalue weighted by molar-refractivity contribution is 7.97. The molecule has 1 aliphatic heterocycles. The van der Waals surface area contributed by atoms with E-state index in [2.05, 4.69) is 37.4 Å². The molecule has 3 aromatic rings. The Hall–Kier alpha value is -3.36. The van der Waals surface area contributed by atoms with Gasteiger partial charge >= 0.3 is 0 Å². The monoisotopic (exact) mass is 417 g/mol. The van der Waals surface area contributed by atoms with Crippen molar-refractivity contribution in [2.24, 2.45) is 10.7 Å². The van der Waals surface area contributed by atoms with Gasteiger partial charge in [0.05, 0.1) is 22.7 Å². The van der Waals surface area contributed by atoms with E-state index in [0.29, 0.717) is 22.8 Å². The smallest absolute Gasteiger partial charge is 0.135 e. The standard InChI is InChI=1S/C22H23N7S/c23-21-17-8-7-15(19-9-12-26-29-19)13-20(17)28-22(24)18(21)14-25-10-4-11-27-30-16-5-2-1-3-6-16/h1-3,5-9,12-14,23,25,27H,4,10-11H2,(H2,24,28)(H,26,29)/b18-14+,23-21?. The van der Waals surface area contributed by atoms with E-state index in [1.165, 1.54) is 4.90 Å². The van der Waals surface area contributed by atoms with Crippen LogP contribution in [0.15, 0.2) is 82.5 Å². The van der Waals surface area contributed by atoms with Crippen LogP contribution in [0, 0.1) is 5.41 Å². The summed E-state index contributed by atoms with van der Waals surface area (Å²) in [5, 5.41) is 18.7. The fraction of sp³-hybridized carbons (Fsp3) is 0.136. The number of amidine groups is 1. The Morgan fingerprint density at radius 3 is 2.77 bits per heavy atom. The van der Waals surface area contributed by atoms with Crippen molar-refractivity contribution in [3.05, 3.63) is 78.1 Å². The number of aromatic nitrogens is 2. The lowest BCUT2D eigenvalue weighted by Crippen LogP contribution is -2.27. The molecule has 2 heterocycles. The van der Waals surface area contributed by atoms with Gasteiger partial charge in [0, 0.05) is 41.5 Å². The Labute approximate surface area is 179 Å². The lowest BCUT2D eigenvalue weighted by Gasteiger charge is -2.18. The molecule has 0 unspecified atom stereocenters. The van der Waals surface area contributed by atoms with Crippen LogP contribution in [-0.2, 0) is 0 Å². The summed E-state index contributed by atoms with van der Waals surface area (Å²) in [5.74, 6) is 0.347. The van der Waals surface area contributed by atoms with Crippen molar-refractivity contribution in [3.8, 4) is 11.3 Å². The van der Waals surface area contributed by atoms with Gasteiger partial charge in [-0.2, -0.15) is 5.10 Å². The Morgan fingerprint density at radius 1 is 1.10 bits per heavy atom. The fourth-order valence-corrected chi connectivity index (χ4v) is 3.80. The maximum atomic E-state index is 8.54. The molecule has 30 heavy (non-hydrogen) atoms. The number of hydrogen-bond donors (Lipinski definition) is 5. The molecule has 0 amide bonds. The predicted molar refractivity (Wildman–Crippen MR) is 123 cm³/mol. The number of benzene rings is 2. The first-order valence-corrected chi connectivity index (χ1v) is 10.5. The van der Waals surface area contributed by atoms with Gasteiger partial charge in [-0.3, -0.25) is 15.2 Å². The molecule has 0 fully saturated rings. The number of rotatable bonds is 8. The third-order valence-corrected chi connectivity index (χ3v) is 5.50. The van der Waals surface area contributed by atoms with Crippen LogP contribution in [0.3, 0.4) is 0 Å². The molecule has 0 saturated carbocycles. The summed E-state index contributed by atoms with van der Waals surface area (Å²) in [5.41, 5.74) is 10.5. The summed E-state index contributed by atoms with van der Waals surface area (Å²) in [7, 11) is 0. The molecular formula is C22H23N7S. The van der Waals surface area contributed by atoms with E-state index in [-0.39, 0.29) is 0 Å². The third kappa shape index (κ3) is 4.61. The first-order chi connectivity index (χ1) is 14.7. The summed E-state index contributed by atoms with van der Waals surface area (Å²) in [6.07, 6.45) is 4.44. The number of fused-ring (bicyclic) bond motifs is 1. The predicted octanol–water partition coefficient (Wildman–Crippen LogP) is 3.61. The SMILES string of the molecule is N=C1/C(=C\NCCCNSc2ccccc2)C(N)=Nc2cc(-c3ccn[nH]3)ccc21. The minimum atomic E-state index is 0.347. The summed E-state index contributed by atoms with van der Waals surface area (Å²) in [6.45, 7) is 1.65. The van der Waals surface area contributed by atoms with Gasteiger partial charge in [-0.15, -0.1) is 0 Å². The molecule has 152 valence electrons. The lowest BCUT2D eigenvalue weighted by molar-refractivity contribution is 0.740. The summed E-state index contributed by atoms with van der Waals surface area (Å²) in [4.78, 5) is 5.70. The van der Waals surface area contributed by atoms with E-state index >= 15 is 0 Å². The Balaban J connectivity index is 1.31. The topological polar surface area (TPSA) is 115 Å². The molecule has 0 aliphatic carbocycles. The van der Waals surface area contributed by atoms with Gasteiger partial charge < -0.3 is 11.1 Å². The van der Waals surface area contributed by atoms with Crippen LogP contribution < -0.4 is 15.8 Å². The van der Waals surface area contributed by atoms with Crippen molar-refractivity contribution in [1.29, 1.82) is 5.41 Å². The van der Waals surface area contributed by atoms with Crippen LogP contribution in [-0.4, -0.2) is 34.8 Å². The van der Waals surface area contributed by atoms with Crippen molar-refractivity contribution in [3.63, 3.8) is 0 Å². The highest BCUT2D eigenvalue weighted by Gasteiger charge is 2.21. The molecule has 0 atom stereocenters. The van der Waals surface area contributed by atoms with Crippen LogP contribution in [0.4, 0.5) is 5.69 Å². The van der Waals surface area contributed by atoms with Crippen molar-refractivity contribution < 1.29 is 0 Å². The zero-order chi connectivity index (χ0) is 20.8. The fourth-order valence-electron chi connectivity index (χ4n) is 3.09. The second-order valence-corrected chi connectivity index (χ2v) is 7.71. The number of aliphatic imine (C=N–C) groups is 1. The van der Waals surface area contributed by atoms with Gasteiger partial charge in [-0.05, 0) is 48.7 Å². The molecule has 4 rings (SSSR count). The van der Waals surface area contributed by atoms with Gasteiger partial charge in [0.1, 0.15) is 5.84 Å². The molecule has 1 aliphatic rings. The van der Waals surface area contributed by atoms with Crippen molar-refractivity contribution in [2.45, 2.75) is 11.3 Å². The molecular weight excluding hydrogens is 394 g/mol. The Kier molecular flexibility index (Phi) is 6.26. The summed E-state index contributed by atoms with van der Waals surface area (Å²) >= 11 is 1.63. The molecule has 0 spiro atoms. The molecule has 0 bridgehead atoms. The Bertz CT molecular complexity index is 1070. The number of nitrogens with two attached hydrogens (primary N) is 1. The van der Waals surface area contributed by atoms with Crippen LogP contribution in [0.25, 0.3) is 11.3 Å². The average Bonchev–Trinajstić information content (AvgIpc) is 3.30. The molecule has 8 heteroatoms. The molecule has 6 N–H and O–H groups in total. The number of nitrogens with one attached hydrogen (secondary N) is 4. The third-order valence-electron chi connectivity index (χ3n) is 4.64. The van der Waals surface area contributed by atoms with E-state index in [9.17, 15) is 0 Å². The zero-order valence-electron chi connectivity index (χ0n) is 16.4. The van der Waals surface area contributed by atoms with E-state index in [0.717, 1.165) is 36.3 Å². The quantitative estimate of drug-likeness (QED) is 0.284. The van der Waals surface area contributed by atoms with Crippen LogP contribution in [0.2, 0.25) is 0 Å². The number of hydrogen-bond acceptors (Lipinski definition) is 7. The summed E-state index contributed by atoms with van der Waals surface area (Å²) in [6, 6.07) is 17.9. The van der Waals surface area contributed by atoms with E-state index < -0.39 is 0 Å². The van der Waals surface area contributed by atoms with Crippen LogP contribution >= 0.6 is 11.9 Å². The largest absolute Gasteiger partial charge is 0.390 e. The maximum Gasteiger partial charge on any atom is 0.135 e. The van der Waals surface area contributed by atoms with Gasteiger partial charge in [0.15, 0.2) is 0 Å². The second-order valence-electron chi connectivity index (χ2n) is 6.75. The maximum absolute atomic E-state index is 8.54. The van der Waals surface area contributed by atoms with Crippen molar-refractivity contribution in [1.82, 2.24) is 20.2 Å².